The van der Waals surface area contributed by atoms with E-state index in [1.807, 2.05) is 44.2 Å². The quantitative estimate of drug-likeness (QED) is 0.721. The van der Waals surface area contributed by atoms with Crippen molar-refractivity contribution in [2.45, 2.75) is 13.8 Å². The van der Waals surface area contributed by atoms with Crippen molar-refractivity contribution in [1.82, 2.24) is 15.0 Å². The van der Waals surface area contributed by atoms with Crippen LogP contribution in [0.25, 0.3) is 22.2 Å². The zero-order valence-electron chi connectivity index (χ0n) is 10.9. The number of nitrogens with zero attached hydrogens (tertiary/aromatic N) is 3. The van der Waals surface area contributed by atoms with Crippen molar-refractivity contribution in [1.29, 1.82) is 0 Å². The maximum Gasteiger partial charge on any atom is 0.150 e. The van der Waals surface area contributed by atoms with Gasteiger partial charge in [0.15, 0.2) is 0 Å². The zero-order valence-corrected chi connectivity index (χ0v) is 10.9. The van der Waals surface area contributed by atoms with Gasteiger partial charge in [-0.05, 0) is 26.0 Å². The Morgan fingerprint density at radius 2 is 1.74 bits per heavy atom. The van der Waals surface area contributed by atoms with Gasteiger partial charge < -0.3 is 5.73 Å². The number of aromatic nitrogens is 3. The lowest BCUT2D eigenvalue weighted by Crippen LogP contribution is -2.02. The molecule has 4 heteroatoms. The van der Waals surface area contributed by atoms with Crippen LogP contribution in [-0.4, -0.2) is 15.0 Å². The molecule has 0 saturated heterocycles. The molecule has 3 rings (SSSR count). The van der Waals surface area contributed by atoms with E-state index in [0.717, 1.165) is 33.5 Å². The van der Waals surface area contributed by atoms with Crippen LogP contribution >= 0.6 is 0 Å². The van der Waals surface area contributed by atoms with E-state index in [4.69, 9.17) is 5.73 Å². The van der Waals surface area contributed by atoms with Crippen molar-refractivity contribution >= 4 is 16.7 Å². The Bertz CT molecular complexity index is 760. The average Bonchev–Trinajstić information content (AvgIpc) is 2.42. The smallest absolute Gasteiger partial charge is 0.150 e. The van der Waals surface area contributed by atoms with Gasteiger partial charge in [-0.3, -0.25) is 4.98 Å². The summed E-state index contributed by atoms with van der Waals surface area (Å²) in [5.41, 5.74) is 10.4. The van der Waals surface area contributed by atoms with Crippen molar-refractivity contribution < 1.29 is 0 Å². The first-order chi connectivity index (χ1) is 9.16. The van der Waals surface area contributed by atoms with Crippen LogP contribution in [0.2, 0.25) is 0 Å². The second kappa shape index (κ2) is 4.31. The molecule has 2 N–H and O–H groups in total. The van der Waals surface area contributed by atoms with Gasteiger partial charge >= 0.3 is 0 Å². The summed E-state index contributed by atoms with van der Waals surface area (Å²) in [6.07, 6.45) is 1.78. The Hall–Kier alpha value is -2.49. The highest BCUT2D eigenvalue weighted by Crippen LogP contribution is 2.29. The Morgan fingerprint density at radius 1 is 0.947 bits per heavy atom. The van der Waals surface area contributed by atoms with Crippen LogP contribution in [0.4, 0.5) is 5.82 Å². The molecule has 0 radical (unpaired) electrons. The van der Waals surface area contributed by atoms with Crippen LogP contribution in [-0.2, 0) is 0 Å². The number of benzene rings is 1. The predicted molar refractivity (Wildman–Crippen MR) is 76.7 cm³/mol. The summed E-state index contributed by atoms with van der Waals surface area (Å²) in [5.74, 6) is 0.458. The molecule has 0 saturated carbocycles. The van der Waals surface area contributed by atoms with Gasteiger partial charge in [-0.2, -0.15) is 0 Å². The topological polar surface area (TPSA) is 64.7 Å². The highest BCUT2D eigenvalue weighted by molar-refractivity contribution is 5.95. The molecule has 0 aliphatic rings. The van der Waals surface area contributed by atoms with Gasteiger partial charge in [-0.1, -0.05) is 18.2 Å². The minimum Gasteiger partial charge on any atom is -0.382 e. The highest BCUT2D eigenvalue weighted by atomic mass is 14.9. The lowest BCUT2D eigenvalue weighted by Gasteiger charge is -2.09. The first-order valence-corrected chi connectivity index (χ1v) is 6.11. The molecule has 0 amide bonds. The SMILES string of the molecule is Cc1nc(N)c(-c2cccc3ncccc23)nc1C. The van der Waals surface area contributed by atoms with Gasteiger partial charge in [0.05, 0.1) is 16.9 Å². The number of hydrogen-bond donors (Lipinski definition) is 1. The van der Waals surface area contributed by atoms with Crippen LogP contribution < -0.4 is 5.73 Å². The van der Waals surface area contributed by atoms with Gasteiger partial charge in [0.1, 0.15) is 11.5 Å². The fourth-order valence-electron chi connectivity index (χ4n) is 2.13. The third kappa shape index (κ3) is 1.91. The lowest BCUT2D eigenvalue weighted by atomic mass is 10.0. The van der Waals surface area contributed by atoms with Gasteiger partial charge in [0.25, 0.3) is 0 Å². The molecule has 1 aromatic carbocycles. The molecule has 0 spiro atoms. The molecule has 0 aliphatic heterocycles. The number of rotatable bonds is 1. The minimum atomic E-state index is 0.458. The molecule has 19 heavy (non-hydrogen) atoms. The van der Waals surface area contributed by atoms with E-state index >= 15 is 0 Å². The third-order valence-corrected chi connectivity index (χ3v) is 3.23. The summed E-state index contributed by atoms with van der Waals surface area (Å²) in [4.78, 5) is 13.3. The fraction of sp³-hybridized carbons (Fsp3) is 0.133. The van der Waals surface area contributed by atoms with Crippen LogP contribution in [0.3, 0.4) is 0 Å². The second-order valence-corrected chi connectivity index (χ2v) is 4.50. The van der Waals surface area contributed by atoms with E-state index in [1.54, 1.807) is 6.20 Å². The molecule has 0 unspecified atom stereocenters. The van der Waals surface area contributed by atoms with E-state index in [2.05, 4.69) is 15.0 Å². The number of aryl methyl sites for hydroxylation is 2. The third-order valence-electron chi connectivity index (χ3n) is 3.23. The highest BCUT2D eigenvalue weighted by Gasteiger charge is 2.11. The van der Waals surface area contributed by atoms with Crippen molar-refractivity contribution in [2.24, 2.45) is 0 Å². The van der Waals surface area contributed by atoms with E-state index in [-0.39, 0.29) is 0 Å². The van der Waals surface area contributed by atoms with Gasteiger partial charge in [-0.15, -0.1) is 0 Å². The molecule has 0 fully saturated rings. The average molecular weight is 250 g/mol. The normalized spacial score (nSPS) is 10.8. The van der Waals surface area contributed by atoms with Crippen LogP contribution in [0.15, 0.2) is 36.5 Å². The van der Waals surface area contributed by atoms with Crippen molar-refractivity contribution in [3.63, 3.8) is 0 Å². The number of fused-ring (bicyclic) bond motifs is 1. The number of hydrogen-bond acceptors (Lipinski definition) is 4. The molecule has 2 heterocycles. The Kier molecular flexibility index (Phi) is 2.63. The Labute approximate surface area is 111 Å². The fourth-order valence-corrected chi connectivity index (χ4v) is 2.13. The van der Waals surface area contributed by atoms with Gasteiger partial charge in [0.2, 0.25) is 0 Å². The summed E-state index contributed by atoms with van der Waals surface area (Å²) in [7, 11) is 0. The van der Waals surface area contributed by atoms with Crippen molar-refractivity contribution in [3.8, 4) is 11.3 Å². The Morgan fingerprint density at radius 3 is 2.58 bits per heavy atom. The van der Waals surface area contributed by atoms with E-state index in [0.29, 0.717) is 5.82 Å². The predicted octanol–water partition coefficient (Wildman–Crippen LogP) is 2.89. The number of nitrogen functional groups attached to an aromatic ring is 1. The molecule has 3 aromatic rings. The number of anilines is 1. The second-order valence-electron chi connectivity index (χ2n) is 4.50. The summed E-state index contributed by atoms with van der Waals surface area (Å²) >= 11 is 0. The van der Waals surface area contributed by atoms with E-state index < -0.39 is 0 Å². The summed E-state index contributed by atoms with van der Waals surface area (Å²) in [6, 6.07) is 9.87. The number of nitrogens with two attached hydrogens (primary N) is 1. The van der Waals surface area contributed by atoms with Crippen LogP contribution in [0.1, 0.15) is 11.4 Å². The molecule has 2 aromatic heterocycles. The molecule has 0 atom stereocenters. The summed E-state index contributed by atoms with van der Waals surface area (Å²) in [6.45, 7) is 3.85. The van der Waals surface area contributed by atoms with Crippen LogP contribution in [0.5, 0.6) is 0 Å². The molecule has 94 valence electrons. The van der Waals surface area contributed by atoms with E-state index in [9.17, 15) is 0 Å². The van der Waals surface area contributed by atoms with Crippen molar-refractivity contribution in [2.75, 3.05) is 5.73 Å². The zero-order chi connectivity index (χ0) is 13.4. The van der Waals surface area contributed by atoms with Gasteiger partial charge in [0, 0.05) is 17.1 Å². The molecular weight excluding hydrogens is 236 g/mol. The maximum atomic E-state index is 6.02. The minimum absolute atomic E-state index is 0.458. The molecular formula is C15H14N4. The van der Waals surface area contributed by atoms with E-state index in [1.165, 1.54) is 0 Å². The summed E-state index contributed by atoms with van der Waals surface area (Å²) in [5, 5.41) is 1.04. The standard InChI is InChI=1S/C15H14N4/c1-9-10(2)19-15(16)14(18-9)12-5-3-7-13-11(12)6-4-8-17-13/h3-8H,1-2H3,(H2,16,19). The van der Waals surface area contributed by atoms with Gasteiger partial charge in [-0.25, -0.2) is 9.97 Å². The summed E-state index contributed by atoms with van der Waals surface area (Å²) < 4.78 is 0. The Balaban J connectivity index is 2.33. The van der Waals surface area contributed by atoms with Crippen LogP contribution in [0, 0.1) is 13.8 Å². The number of pyridine rings is 1. The first kappa shape index (κ1) is 11.6. The van der Waals surface area contributed by atoms with Crippen molar-refractivity contribution in [3.05, 3.63) is 47.9 Å². The lowest BCUT2D eigenvalue weighted by molar-refractivity contribution is 1.06. The maximum absolute atomic E-state index is 6.02. The molecule has 4 nitrogen and oxygen atoms in total. The largest absolute Gasteiger partial charge is 0.382 e. The first-order valence-electron chi connectivity index (χ1n) is 6.11. The molecule has 0 bridgehead atoms. The molecule has 0 aliphatic carbocycles. The monoisotopic (exact) mass is 250 g/mol.